The summed E-state index contributed by atoms with van der Waals surface area (Å²) in [4.78, 5) is 22.6. The van der Waals surface area contributed by atoms with Crippen LogP contribution >= 0.6 is 0 Å². The topological polar surface area (TPSA) is 101 Å². The van der Waals surface area contributed by atoms with Crippen molar-refractivity contribution < 1.29 is 14.6 Å². The van der Waals surface area contributed by atoms with Crippen LogP contribution in [0.15, 0.2) is 115 Å². The maximum Gasteiger partial charge on any atom is 0.354 e. The van der Waals surface area contributed by atoms with Crippen molar-refractivity contribution in [3.05, 3.63) is 154 Å². The van der Waals surface area contributed by atoms with Crippen molar-refractivity contribution >= 4 is 5.97 Å². The van der Waals surface area contributed by atoms with Crippen LogP contribution in [0.3, 0.4) is 0 Å². The van der Waals surface area contributed by atoms with Gasteiger partial charge in [0.25, 0.3) is 0 Å². The van der Waals surface area contributed by atoms with Crippen molar-refractivity contribution in [2.45, 2.75) is 18.3 Å². The van der Waals surface area contributed by atoms with E-state index in [1.165, 1.54) is 0 Å². The standard InChI is InChI=1S/C36H28N4O3/c1-43-27-19-17-23(18-20-27)34-37-30-29(22-21-28-31(30)39-40-32(28)35(41)42)33(38-34)36(24-11-5-2-6-12-24,25-13-7-3-8-14-25)26-15-9-4-10-16-26/h2-20H,21-22H2,1H3,(H,39,40)(H,41,42). The van der Waals surface area contributed by atoms with Crippen molar-refractivity contribution in [3.63, 3.8) is 0 Å². The van der Waals surface area contributed by atoms with Crippen LogP contribution in [-0.4, -0.2) is 38.4 Å². The van der Waals surface area contributed by atoms with Gasteiger partial charge in [0.1, 0.15) is 17.1 Å². The number of H-pyrrole nitrogens is 1. The van der Waals surface area contributed by atoms with Gasteiger partial charge in [0, 0.05) is 16.7 Å². The first-order chi connectivity index (χ1) is 21.1. The molecule has 0 atom stereocenters. The molecule has 7 nitrogen and oxygen atoms in total. The molecule has 1 aliphatic carbocycles. The zero-order chi connectivity index (χ0) is 29.4. The third-order valence-electron chi connectivity index (χ3n) is 8.26. The lowest BCUT2D eigenvalue weighted by Crippen LogP contribution is -2.34. The van der Waals surface area contributed by atoms with Crippen LogP contribution in [0.25, 0.3) is 22.8 Å². The molecule has 1 aliphatic rings. The summed E-state index contributed by atoms with van der Waals surface area (Å²) in [6, 6.07) is 38.9. The fraction of sp³-hybridized carbons (Fsp3) is 0.111. The van der Waals surface area contributed by atoms with E-state index in [2.05, 4.69) is 83.0 Å². The van der Waals surface area contributed by atoms with Crippen LogP contribution in [0.2, 0.25) is 0 Å². The summed E-state index contributed by atoms with van der Waals surface area (Å²) in [5, 5.41) is 17.1. The number of fused-ring (bicyclic) bond motifs is 3. The highest BCUT2D eigenvalue weighted by Gasteiger charge is 2.44. The molecule has 0 aliphatic heterocycles. The van der Waals surface area contributed by atoms with E-state index >= 15 is 0 Å². The van der Waals surface area contributed by atoms with Gasteiger partial charge in [0.05, 0.1) is 23.9 Å². The fourth-order valence-corrected chi connectivity index (χ4v) is 6.30. The number of methoxy groups -OCH3 is 1. The Hall–Kier alpha value is -5.56. The summed E-state index contributed by atoms with van der Waals surface area (Å²) in [7, 11) is 1.63. The van der Waals surface area contributed by atoms with Gasteiger partial charge >= 0.3 is 5.97 Å². The highest BCUT2D eigenvalue weighted by molar-refractivity contribution is 5.90. The smallest absolute Gasteiger partial charge is 0.354 e. The normalized spacial score (nSPS) is 12.3. The molecule has 210 valence electrons. The number of carbonyl (C=O) groups is 1. The molecular weight excluding hydrogens is 536 g/mol. The Morgan fingerprint density at radius 1 is 0.721 bits per heavy atom. The van der Waals surface area contributed by atoms with Crippen LogP contribution in [0, 0.1) is 0 Å². The number of hydrogen-bond donors (Lipinski definition) is 2. The first-order valence-electron chi connectivity index (χ1n) is 14.1. The maximum atomic E-state index is 12.1. The van der Waals surface area contributed by atoms with Gasteiger partial charge in [0.15, 0.2) is 5.82 Å². The number of benzene rings is 4. The molecule has 2 aromatic heterocycles. The molecule has 0 saturated heterocycles. The van der Waals surface area contributed by atoms with E-state index in [0.29, 0.717) is 35.6 Å². The molecular formula is C36H28N4O3. The van der Waals surface area contributed by atoms with Gasteiger partial charge in [-0.25, -0.2) is 14.8 Å². The third kappa shape index (κ3) is 4.28. The molecule has 43 heavy (non-hydrogen) atoms. The number of rotatable bonds is 7. The molecule has 4 aromatic carbocycles. The number of ether oxygens (including phenoxy) is 1. The number of aromatic carboxylic acids is 1. The van der Waals surface area contributed by atoms with Crippen molar-refractivity contribution in [1.29, 1.82) is 0 Å². The van der Waals surface area contributed by atoms with Crippen LogP contribution in [-0.2, 0) is 18.3 Å². The minimum Gasteiger partial charge on any atom is -0.497 e. The zero-order valence-electron chi connectivity index (χ0n) is 23.5. The van der Waals surface area contributed by atoms with E-state index in [1.54, 1.807) is 7.11 Å². The highest BCUT2D eigenvalue weighted by atomic mass is 16.5. The number of hydrogen-bond acceptors (Lipinski definition) is 5. The van der Waals surface area contributed by atoms with Crippen molar-refractivity contribution in [3.8, 4) is 28.5 Å². The molecule has 7 rings (SSSR count). The van der Waals surface area contributed by atoms with Gasteiger partial charge in [-0.1, -0.05) is 91.0 Å². The molecule has 0 unspecified atom stereocenters. The molecule has 7 heteroatoms. The molecule has 2 N–H and O–H groups in total. The molecule has 0 amide bonds. The van der Waals surface area contributed by atoms with Gasteiger partial charge in [-0.3, -0.25) is 5.10 Å². The van der Waals surface area contributed by atoms with Crippen molar-refractivity contribution in [1.82, 2.24) is 20.2 Å². The number of nitrogens with one attached hydrogen (secondary N) is 1. The second-order valence-electron chi connectivity index (χ2n) is 10.5. The van der Waals surface area contributed by atoms with Crippen LogP contribution in [0.1, 0.15) is 44.0 Å². The van der Waals surface area contributed by atoms with E-state index in [4.69, 9.17) is 14.7 Å². The second-order valence-corrected chi connectivity index (χ2v) is 10.5. The van der Waals surface area contributed by atoms with E-state index in [9.17, 15) is 9.90 Å². The summed E-state index contributed by atoms with van der Waals surface area (Å²) in [6.07, 6.45) is 1.07. The monoisotopic (exact) mass is 564 g/mol. The predicted molar refractivity (Wildman–Crippen MR) is 164 cm³/mol. The summed E-state index contributed by atoms with van der Waals surface area (Å²) in [5.74, 6) is 0.222. The Morgan fingerprint density at radius 2 is 1.26 bits per heavy atom. The van der Waals surface area contributed by atoms with Crippen LogP contribution in [0.4, 0.5) is 0 Å². The second kappa shape index (κ2) is 10.7. The summed E-state index contributed by atoms with van der Waals surface area (Å²) < 4.78 is 5.41. The Morgan fingerprint density at radius 3 is 1.77 bits per heavy atom. The predicted octanol–water partition coefficient (Wildman–Crippen LogP) is 6.72. The summed E-state index contributed by atoms with van der Waals surface area (Å²) in [5.41, 5.74) is 6.96. The van der Waals surface area contributed by atoms with Gasteiger partial charge < -0.3 is 9.84 Å². The lowest BCUT2D eigenvalue weighted by atomic mass is 9.65. The minimum absolute atomic E-state index is 0.104. The SMILES string of the molecule is COc1ccc(-c2nc3c(c(C(c4ccccc4)(c4ccccc4)c4ccccc4)n2)CCc2c-3n[nH]c2C(=O)O)cc1. The van der Waals surface area contributed by atoms with E-state index in [0.717, 1.165) is 39.3 Å². The fourth-order valence-electron chi connectivity index (χ4n) is 6.30. The van der Waals surface area contributed by atoms with Crippen molar-refractivity contribution in [2.24, 2.45) is 0 Å². The van der Waals surface area contributed by atoms with Crippen molar-refractivity contribution in [2.75, 3.05) is 7.11 Å². The Balaban J connectivity index is 1.63. The third-order valence-corrected chi connectivity index (χ3v) is 8.26. The molecule has 6 aromatic rings. The van der Waals surface area contributed by atoms with Crippen LogP contribution in [0.5, 0.6) is 5.75 Å². The van der Waals surface area contributed by atoms with Crippen LogP contribution < -0.4 is 4.74 Å². The van der Waals surface area contributed by atoms with Gasteiger partial charge in [0.2, 0.25) is 0 Å². The Bertz CT molecular complexity index is 1820. The average molecular weight is 565 g/mol. The summed E-state index contributed by atoms with van der Waals surface area (Å²) >= 11 is 0. The minimum atomic E-state index is -1.03. The lowest BCUT2D eigenvalue weighted by Gasteiger charge is -2.38. The maximum absolute atomic E-state index is 12.1. The number of nitrogens with zero attached hydrogens (tertiary/aromatic N) is 3. The summed E-state index contributed by atoms with van der Waals surface area (Å²) in [6.45, 7) is 0. The molecule has 0 radical (unpaired) electrons. The highest BCUT2D eigenvalue weighted by Crippen LogP contribution is 2.48. The van der Waals surface area contributed by atoms with Gasteiger partial charge in [-0.2, -0.15) is 5.10 Å². The zero-order valence-corrected chi connectivity index (χ0v) is 23.5. The molecule has 0 saturated carbocycles. The van der Waals surface area contributed by atoms with E-state index in [1.807, 2.05) is 42.5 Å². The van der Waals surface area contributed by atoms with Gasteiger partial charge in [-0.15, -0.1) is 0 Å². The Labute approximate surface area is 248 Å². The number of carboxylic acid groups (broad SMARTS) is 1. The molecule has 0 spiro atoms. The first-order valence-corrected chi connectivity index (χ1v) is 14.1. The number of aromatic amines is 1. The largest absolute Gasteiger partial charge is 0.497 e. The quantitative estimate of drug-likeness (QED) is 0.209. The first kappa shape index (κ1) is 26.3. The lowest BCUT2D eigenvalue weighted by molar-refractivity contribution is 0.0689. The van der Waals surface area contributed by atoms with E-state index in [-0.39, 0.29) is 5.69 Å². The number of carboxylic acids is 1. The molecule has 0 bridgehead atoms. The molecule has 0 fully saturated rings. The molecule has 2 heterocycles. The average Bonchev–Trinajstić information content (AvgIpc) is 3.52. The Kier molecular flexibility index (Phi) is 6.55. The van der Waals surface area contributed by atoms with Gasteiger partial charge in [-0.05, 0) is 53.8 Å². The number of aromatic nitrogens is 4. The van der Waals surface area contributed by atoms with E-state index < -0.39 is 11.4 Å².